The summed E-state index contributed by atoms with van der Waals surface area (Å²) in [6.07, 6.45) is 4.96. The van der Waals surface area contributed by atoms with E-state index in [2.05, 4.69) is 18.3 Å². The first-order valence-electron chi connectivity index (χ1n) is 6.97. The van der Waals surface area contributed by atoms with E-state index in [1.54, 1.807) is 6.07 Å². The zero-order valence-corrected chi connectivity index (χ0v) is 11.5. The third kappa shape index (κ3) is 3.78. The summed E-state index contributed by atoms with van der Waals surface area (Å²) in [4.78, 5) is 0. The molecule has 0 aromatic heterocycles. The van der Waals surface area contributed by atoms with Gasteiger partial charge in [0.25, 0.3) is 0 Å². The molecule has 1 aliphatic carbocycles. The first kappa shape index (κ1) is 14.0. The molecule has 1 aromatic rings. The van der Waals surface area contributed by atoms with Gasteiger partial charge in [-0.05, 0) is 37.2 Å². The molecule has 0 spiro atoms. The van der Waals surface area contributed by atoms with Crippen molar-refractivity contribution < 1.29 is 4.39 Å². The van der Waals surface area contributed by atoms with Crippen molar-refractivity contribution in [3.05, 3.63) is 35.6 Å². The van der Waals surface area contributed by atoms with Crippen molar-refractivity contribution in [2.24, 2.45) is 5.41 Å². The maximum atomic E-state index is 13.5. The van der Waals surface area contributed by atoms with Crippen LogP contribution in [-0.2, 0) is 6.54 Å². The van der Waals surface area contributed by atoms with Crippen molar-refractivity contribution in [3.63, 3.8) is 0 Å². The first-order valence-corrected chi connectivity index (χ1v) is 6.97. The minimum Gasteiger partial charge on any atom is -0.310 e. The molecule has 19 heavy (non-hydrogen) atoms. The molecule has 1 saturated carbocycles. The van der Waals surface area contributed by atoms with E-state index in [9.17, 15) is 4.39 Å². The van der Waals surface area contributed by atoms with E-state index in [1.807, 2.05) is 12.1 Å². The molecular formula is C16H21FN2. The van der Waals surface area contributed by atoms with E-state index in [-0.39, 0.29) is 11.2 Å². The van der Waals surface area contributed by atoms with Crippen molar-refractivity contribution in [2.45, 2.75) is 51.6 Å². The normalized spacial score (nSPS) is 26.9. The number of benzene rings is 1. The Balaban J connectivity index is 1.81. The molecule has 2 nitrogen and oxygen atoms in total. The van der Waals surface area contributed by atoms with E-state index in [0.29, 0.717) is 19.0 Å². The molecule has 0 atom stereocenters. The Labute approximate surface area is 114 Å². The van der Waals surface area contributed by atoms with Crippen LogP contribution < -0.4 is 5.32 Å². The van der Waals surface area contributed by atoms with E-state index >= 15 is 0 Å². The lowest BCUT2D eigenvalue weighted by molar-refractivity contribution is 0.188. The molecule has 3 heteroatoms. The number of hydrogen-bond donors (Lipinski definition) is 1. The third-order valence-corrected chi connectivity index (χ3v) is 4.24. The number of rotatable bonds is 4. The second-order valence-corrected chi connectivity index (χ2v) is 5.89. The average Bonchev–Trinajstić information content (AvgIpc) is 2.40. The maximum absolute atomic E-state index is 13.5. The number of nitrogens with one attached hydrogen (secondary N) is 1. The Kier molecular flexibility index (Phi) is 4.55. The summed E-state index contributed by atoms with van der Waals surface area (Å²) in [5.74, 6) is -0.139. The lowest BCUT2D eigenvalue weighted by Crippen LogP contribution is -2.36. The highest BCUT2D eigenvalue weighted by molar-refractivity contribution is 5.17. The predicted octanol–water partition coefficient (Wildman–Crippen LogP) is 3.78. The standard InChI is InChI=1S/C16H21FN2/c1-16(10-11-18)8-6-14(7-9-16)19-12-13-4-2-3-5-15(13)17/h2-5,14,19H,6-10,12H2,1H3. The van der Waals surface area contributed by atoms with Crippen molar-refractivity contribution in [3.8, 4) is 6.07 Å². The molecule has 1 N–H and O–H groups in total. The minimum atomic E-state index is -0.139. The van der Waals surface area contributed by atoms with Crippen molar-refractivity contribution >= 4 is 0 Å². The molecule has 0 bridgehead atoms. The Bertz CT molecular complexity index is 456. The van der Waals surface area contributed by atoms with Gasteiger partial charge in [0.1, 0.15) is 5.82 Å². The number of nitrogens with zero attached hydrogens (tertiary/aromatic N) is 1. The fourth-order valence-electron chi connectivity index (χ4n) is 2.78. The van der Waals surface area contributed by atoms with E-state index in [1.165, 1.54) is 6.07 Å². The second-order valence-electron chi connectivity index (χ2n) is 5.89. The molecule has 0 radical (unpaired) electrons. The largest absolute Gasteiger partial charge is 0.310 e. The van der Waals surface area contributed by atoms with Crippen LogP contribution in [0.2, 0.25) is 0 Å². The molecule has 1 aromatic carbocycles. The molecule has 0 amide bonds. The van der Waals surface area contributed by atoms with Crippen LogP contribution in [0.15, 0.2) is 24.3 Å². The zero-order chi connectivity index (χ0) is 13.7. The van der Waals surface area contributed by atoms with E-state index in [4.69, 9.17) is 5.26 Å². The third-order valence-electron chi connectivity index (χ3n) is 4.24. The van der Waals surface area contributed by atoms with Gasteiger partial charge in [-0.3, -0.25) is 0 Å². The van der Waals surface area contributed by atoms with Crippen molar-refractivity contribution in [1.82, 2.24) is 5.32 Å². The van der Waals surface area contributed by atoms with Crippen LogP contribution in [0.3, 0.4) is 0 Å². The molecule has 1 aliphatic rings. The summed E-state index contributed by atoms with van der Waals surface area (Å²) >= 11 is 0. The van der Waals surface area contributed by atoms with Gasteiger partial charge in [0.15, 0.2) is 0 Å². The van der Waals surface area contributed by atoms with Crippen molar-refractivity contribution in [1.29, 1.82) is 5.26 Å². The van der Waals surface area contributed by atoms with Crippen LogP contribution in [-0.4, -0.2) is 6.04 Å². The highest BCUT2D eigenvalue weighted by atomic mass is 19.1. The van der Waals surface area contributed by atoms with Crippen LogP contribution in [0.1, 0.15) is 44.6 Å². The summed E-state index contributed by atoms with van der Waals surface area (Å²) in [6, 6.07) is 9.65. The SMILES string of the molecule is CC1(CC#N)CCC(NCc2ccccc2F)CC1. The average molecular weight is 260 g/mol. The van der Waals surface area contributed by atoms with Gasteiger partial charge in [0, 0.05) is 24.6 Å². The Hall–Kier alpha value is -1.40. The van der Waals surface area contributed by atoms with Gasteiger partial charge < -0.3 is 5.32 Å². The summed E-state index contributed by atoms with van der Waals surface area (Å²) < 4.78 is 13.5. The van der Waals surface area contributed by atoms with Gasteiger partial charge in [-0.15, -0.1) is 0 Å². The summed E-state index contributed by atoms with van der Waals surface area (Å²) in [5, 5.41) is 12.3. The lowest BCUT2D eigenvalue weighted by atomic mass is 9.72. The lowest BCUT2D eigenvalue weighted by Gasteiger charge is -2.36. The maximum Gasteiger partial charge on any atom is 0.127 e. The topological polar surface area (TPSA) is 35.8 Å². The quantitative estimate of drug-likeness (QED) is 0.894. The van der Waals surface area contributed by atoms with Crippen LogP contribution in [0.4, 0.5) is 4.39 Å². The predicted molar refractivity (Wildman–Crippen MR) is 73.8 cm³/mol. The summed E-state index contributed by atoms with van der Waals surface area (Å²) in [5.41, 5.74) is 0.915. The summed E-state index contributed by atoms with van der Waals surface area (Å²) in [7, 11) is 0. The highest BCUT2D eigenvalue weighted by Crippen LogP contribution is 2.38. The molecular weight excluding hydrogens is 239 g/mol. The van der Waals surface area contributed by atoms with Crippen LogP contribution in [0.25, 0.3) is 0 Å². The number of nitriles is 1. The fraction of sp³-hybridized carbons (Fsp3) is 0.562. The van der Waals surface area contributed by atoms with E-state index < -0.39 is 0 Å². The fourth-order valence-corrected chi connectivity index (χ4v) is 2.78. The van der Waals surface area contributed by atoms with Crippen molar-refractivity contribution in [2.75, 3.05) is 0 Å². The van der Waals surface area contributed by atoms with Gasteiger partial charge in [-0.1, -0.05) is 25.1 Å². The Morgan fingerprint density at radius 3 is 2.68 bits per heavy atom. The zero-order valence-electron chi connectivity index (χ0n) is 11.5. The van der Waals surface area contributed by atoms with E-state index in [0.717, 1.165) is 31.2 Å². The van der Waals surface area contributed by atoms with Gasteiger partial charge >= 0.3 is 0 Å². The molecule has 2 rings (SSSR count). The first-order chi connectivity index (χ1) is 9.13. The summed E-state index contributed by atoms with van der Waals surface area (Å²) in [6.45, 7) is 2.79. The molecule has 0 saturated heterocycles. The van der Waals surface area contributed by atoms with Crippen LogP contribution >= 0.6 is 0 Å². The van der Waals surface area contributed by atoms with Gasteiger partial charge in [0.05, 0.1) is 6.07 Å². The molecule has 0 unspecified atom stereocenters. The van der Waals surface area contributed by atoms with Gasteiger partial charge in [-0.25, -0.2) is 4.39 Å². The number of hydrogen-bond acceptors (Lipinski definition) is 2. The molecule has 0 heterocycles. The number of halogens is 1. The second kappa shape index (κ2) is 6.16. The smallest absolute Gasteiger partial charge is 0.127 e. The highest BCUT2D eigenvalue weighted by Gasteiger charge is 2.30. The minimum absolute atomic E-state index is 0.139. The Morgan fingerprint density at radius 2 is 2.05 bits per heavy atom. The van der Waals surface area contributed by atoms with Crippen LogP contribution in [0, 0.1) is 22.6 Å². The Morgan fingerprint density at radius 1 is 1.37 bits per heavy atom. The monoisotopic (exact) mass is 260 g/mol. The molecule has 102 valence electrons. The molecule has 0 aliphatic heterocycles. The van der Waals surface area contributed by atoms with Gasteiger partial charge in [-0.2, -0.15) is 5.26 Å². The van der Waals surface area contributed by atoms with Gasteiger partial charge in [0.2, 0.25) is 0 Å². The van der Waals surface area contributed by atoms with Crippen LogP contribution in [0.5, 0.6) is 0 Å². The molecule has 1 fully saturated rings.